The Morgan fingerprint density at radius 3 is 2.61 bits per heavy atom. The van der Waals surface area contributed by atoms with Crippen LogP contribution in [0.25, 0.3) is 0 Å². The van der Waals surface area contributed by atoms with E-state index in [1.165, 1.54) is 4.90 Å². The lowest BCUT2D eigenvalue weighted by atomic mass is 10.1. The summed E-state index contributed by atoms with van der Waals surface area (Å²) in [5, 5.41) is 0. The molecule has 4 heteroatoms. The van der Waals surface area contributed by atoms with Gasteiger partial charge >= 0.3 is 6.09 Å². The van der Waals surface area contributed by atoms with Gasteiger partial charge in [-0.15, -0.1) is 0 Å². The first-order valence-electron chi connectivity index (χ1n) is 7.42. The van der Waals surface area contributed by atoms with Gasteiger partial charge in [0.05, 0.1) is 13.2 Å². The Balaban J connectivity index is 1.74. The Morgan fingerprint density at radius 1 is 1.17 bits per heavy atom. The molecule has 2 aromatic carbocycles. The first kappa shape index (κ1) is 15.0. The van der Waals surface area contributed by atoms with Crippen molar-refractivity contribution < 1.29 is 14.3 Å². The van der Waals surface area contributed by atoms with E-state index in [2.05, 4.69) is 12.0 Å². The quantitative estimate of drug-likeness (QED) is 0.818. The molecule has 4 nitrogen and oxygen atoms in total. The average molecular weight is 307 g/mol. The number of carbonyl (C=O) groups excluding carboxylic acids is 1. The molecule has 0 radical (unpaired) electrons. The van der Waals surface area contributed by atoms with E-state index in [0.717, 1.165) is 23.3 Å². The van der Waals surface area contributed by atoms with Crippen LogP contribution < -0.4 is 4.74 Å². The lowest BCUT2D eigenvalue weighted by Gasteiger charge is -2.14. The van der Waals surface area contributed by atoms with Gasteiger partial charge in [-0.05, 0) is 42.2 Å². The molecule has 0 unspecified atom stereocenters. The van der Waals surface area contributed by atoms with Crippen LogP contribution in [0.5, 0.6) is 5.75 Å². The average Bonchev–Trinajstić information content (AvgIpc) is 2.94. The summed E-state index contributed by atoms with van der Waals surface area (Å²) >= 11 is 0. The Kier molecular flexibility index (Phi) is 4.49. The number of amides is 1. The second kappa shape index (κ2) is 6.89. The van der Waals surface area contributed by atoms with E-state index in [4.69, 9.17) is 9.47 Å². The van der Waals surface area contributed by atoms with Crippen LogP contribution in [0.4, 0.5) is 4.79 Å². The summed E-state index contributed by atoms with van der Waals surface area (Å²) in [6, 6.07) is 20.3. The third-order valence-electron chi connectivity index (χ3n) is 3.69. The molecular formula is C19H17NO3. The first-order chi connectivity index (χ1) is 11.3. The molecule has 0 N–H and O–H groups in total. The van der Waals surface area contributed by atoms with Gasteiger partial charge in [0.1, 0.15) is 12.4 Å². The molecule has 23 heavy (non-hydrogen) atoms. The fraction of sp³-hybridized carbons (Fsp3) is 0.211. The molecule has 2 aromatic rings. The minimum Gasteiger partial charge on any atom is -0.497 e. The lowest BCUT2D eigenvalue weighted by Crippen LogP contribution is -2.30. The van der Waals surface area contributed by atoms with E-state index < -0.39 is 0 Å². The molecule has 0 bridgehead atoms. The largest absolute Gasteiger partial charge is 0.497 e. The number of cyclic esters (lactones) is 1. The van der Waals surface area contributed by atoms with Crippen LogP contribution in [0.15, 0.2) is 54.6 Å². The van der Waals surface area contributed by atoms with Crippen molar-refractivity contribution in [3.63, 3.8) is 0 Å². The number of methoxy groups -OCH3 is 1. The van der Waals surface area contributed by atoms with Crippen molar-refractivity contribution in [1.29, 1.82) is 0 Å². The summed E-state index contributed by atoms with van der Waals surface area (Å²) in [4.78, 5) is 13.4. The summed E-state index contributed by atoms with van der Waals surface area (Å²) in [6.07, 6.45) is 0.344. The van der Waals surface area contributed by atoms with Crippen LogP contribution in [0.2, 0.25) is 0 Å². The molecule has 0 aliphatic carbocycles. The molecule has 1 aliphatic rings. The maximum atomic E-state index is 11.9. The third kappa shape index (κ3) is 3.64. The van der Waals surface area contributed by atoms with Gasteiger partial charge in [0.2, 0.25) is 0 Å². The van der Waals surface area contributed by atoms with E-state index in [0.29, 0.717) is 6.61 Å². The zero-order chi connectivity index (χ0) is 16.1. The number of ether oxygens (including phenoxy) is 2. The lowest BCUT2D eigenvalue weighted by molar-refractivity contribution is 0.167. The molecule has 1 amide bonds. The molecule has 3 rings (SSSR count). The Labute approximate surface area is 135 Å². The number of hydrogen-bond acceptors (Lipinski definition) is 3. The van der Waals surface area contributed by atoms with Crippen LogP contribution >= 0.6 is 0 Å². The Bertz CT molecular complexity index is 729. The number of nitrogens with zero attached hydrogens (tertiary/aromatic N) is 1. The van der Waals surface area contributed by atoms with Crippen LogP contribution in [-0.4, -0.2) is 30.8 Å². The maximum Gasteiger partial charge on any atom is 0.422 e. The van der Waals surface area contributed by atoms with Gasteiger partial charge in [0.25, 0.3) is 0 Å². The highest BCUT2D eigenvalue weighted by molar-refractivity contribution is 5.72. The predicted molar refractivity (Wildman–Crippen MR) is 87.0 cm³/mol. The number of benzene rings is 2. The van der Waals surface area contributed by atoms with Gasteiger partial charge in [-0.1, -0.05) is 30.3 Å². The summed E-state index contributed by atoms with van der Waals surface area (Å²) in [6.45, 7) is 0.366. The molecule has 1 aliphatic heterocycles. The second-order valence-electron chi connectivity index (χ2n) is 5.26. The van der Waals surface area contributed by atoms with Gasteiger partial charge in [-0.25, -0.2) is 9.69 Å². The van der Waals surface area contributed by atoms with Gasteiger partial charge in [0.15, 0.2) is 0 Å². The van der Waals surface area contributed by atoms with Crippen LogP contribution in [0.3, 0.4) is 0 Å². The van der Waals surface area contributed by atoms with E-state index >= 15 is 0 Å². The molecule has 0 aromatic heterocycles. The second-order valence-corrected chi connectivity index (χ2v) is 5.26. The molecule has 1 fully saturated rings. The molecular weight excluding hydrogens is 290 g/mol. The fourth-order valence-electron chi connectivity index (χ4n) is 2.43. The molecule has 1 saturated heterocycles. The van der Waals surface area contributed by atoms with Crippen molar-refractivity contribution in [3.8, 4) is 17.7 Å². The van der Waals surface area contributed by atoms with Crippen LogP contribution in [0.1, 0.15) is 11.1 Å². The fourth-order valence-corrected chi connectivity index (χ4v) is 2.43. The number of hydrogen-bond donors (Lipinski definition) is 0. The molecule has 116 valence electrons. The molecule has 0 spiro atoms. The normalized spacial score (nSPS) is 16.5. The topological polar surface area (TPSA) is 38.8 Å². The number of rotatable bonds is 3. The highest BCUT2D eigenvalue weighted by Crippen LogP contribution is 2.16. The molecule has 0 saturated carbocycles. The van der Waals surface area contributed by atoms with E-state index in [-0.39, 0.29) is 12.1 Å². The predicted octanol–water partition coefficient (Wildman–Crippen LogP) is 3.07. The van der Waals surface area contributed by atoms with E-state index in [1.807, 2.05) is 54.6 Å². The summed E-state index contributed by atoms with van der Waals surface area (Å²) in [5.74, 6) is 3.78. The Hall–Kier alpha value is -2.93. The minimum atomic E-state index is -0.382. The first-order valence-corrected chi connectivity index (χ1v) is 7.42. The van der Waals surface area contributed by atoms with Crippen molar-refractivity contribution in [2.75, 3.05) is 13.7 Å². The zero-order valence-corrected chi connectivity index (χ0v) is 12.9. The Morgan fingerprint density at radius 2 is 1.91 bits per heavy atom. The van der Waals surface area contributed by atoms with Crippen molar-refractivity contribution in [1.82, 2.24) is 4.90 Å². The highest BCUT2D eigenvalue weighted by Gasteiger charge is 2.32. The maximum absolute atomic E-state index is 11.9. The summed E-state index contributed by atoms with van der Waals surface area (Å²) in [7, 11) is 1.62. The zero-order valence-electron chi connectivity index (χ0n) is 12.9. The standard InChI is InChI=1S/C19H17NO3/c1-22-18-9-7-15(8-10-18)11-12-20-17(14-23-19(20)21)13-16-5-3-2-4-6-16/h2-10,17H,13-14H2,1H3/t17-/m0/s1. The minimum absolute atomic E-state index is 0.0596. The van der Waals surface area contributed by atoms with Crippen molar-refractivity contribution in [3.05, 3.63) is 65.7 Å². The van der Waals surface area contributed by atoms with Crippen molar-refractivity contribution in [2.45, 2.75) is 12.5 Å². The highest BCUT2D eigenvalue weighted by atomic mass is 16.6. The van der Waals surface area contributed by atoms with E-state index in [1.54, 1.807) is 7.11 Å². The van der Waals surface area contributed by atoms with Crippen molar-refractivity contribution in [2.24, 2.45) is 0 Å². The number of carbonyl (C=O) groups is 1. The van der Waals surface area contributed by atoms with Gasteiger partial charge < -0.3 is 9.47 Å². The molecule has 1 heterocycles. The smallest absolute Gasteiger partial charge is 0.422 e. The SMILES string of the molecule is COc1ccc(C#CN2C(=O)OC[C@@H]2Cc2ccccc2)cc1. The third-order valence-corrected chi connectivity index (χ3v) is 3.69. The monoisotopic (exact) mass is 307 g/mol. The van der Waals surface area contributed by atoms with E-state index in [9.17, 15) is 4.79 Å². The van der Waals surface area contributed by atoms with Crippen LogP contribution in [0, 0.1) is 12.0 Å². The summed E-state index contributed by atoms with van der Waals surface area (Å²) < 4.78 is 10.3. The van der Waals surface area contributed by atoms with Crippen molar-refractivity contribution >= 4 is 6.09 Å². The van der Waals surface area contributed by atoms with Crippen LogP contribution in [-0.2, 0) is 11.2 Å². The molecule has 1 atom stereocenters. The van der Waals surface area contributed by atoms with Gasteiger partial charge in [-0.2, -0.15) is 0 Å². The summed E-state index contributed by atoms with van der Waals surface area (Å²) in [5.41, 5.74) is 1.98. The van der Waals surface area contributed by atoms with Gasteiger partial charge in [-0.3, -0.25) is 0 Å². The van der Waals surface area contributed by atoms with Gasteiger partial charge in [0, 0.05) is 11.6 Å².